The maximum absolute atomic E-state index is 12.9. The van der Waals surface area contributed by atoms with Crippen LogP contribution in [0.4, 0.5) is 10.1 Å². The van der Waals surface area contributed by atoms with Crippen LogP contribution in [0.3, 0.4) is 0 Å². The van der Waals surface area contributed by atoms with Crippen molar-refractivity contribution in [3.8, 4) is 6.01 Å². The Kier molecular flexibility index (Phi) is 6.26. The summed E-state index contributed by atoms with van der Waals surface area (Å²) < 4.78 is 19.5. The molecule has 2 aliphatic rings. The highest BCUT2D eigenvalue weighted by Gasteiger charge is 2.36. The minimum absolute atomic E-state index is 0.0374. The van der Waals surface area contributed by atoms with E-state index in [-0.39, 0.29) is 42.3 Å². The van der Waals surface area contributed by atoms with Crippen LogP contribution in [-0.4, -0.2) is 40.5 Å². The van der Waals surface area contributed by atoms with E-state index in [1.807, 2.05) is 24.3 Å². The highest BCUT2D eigenvalue weighted by atomic mass is 79.9. The van der Waals surface area contributed by atoms with Gasteiger partial charge < -0.3 is 15.0 Å². The van der Waals surface area contributed by atoms with E-state index in [1.54, 1.807) is 4.90 Å². The number of anilines is 1. The van der Waals surface area contributed by atoms with Crippen LogP contribution in [0.15, 0.2) is 41.1 Å². The van der Waals surface area contributed by atoms with E-state index < -0.39 is 5.82 Å². The van der Waals surface area contributed by atoms with Crippen LogP contribution in [-0.2, 0) is 9.59 Å². The zero-order valence-electron chi connectivity index (χ0n) is 16.3. The van der Waals surface area contributed by atoms with E-state index >= 15 is 0 Å². The molecule has 1 aromatic carbocycles. The van der Waals surface area contributed by atoms with Gasteiger partial charge in [-0.3, -0.25) is 9.59 Å². The number of carbonyl (C=O) groups excluding carboxylic acids is 2. The van der Waals surface area contributed by atoms with Crippen LogP contribution in [0.5, 0.6) is 6.01 Å². The summed E-state index contributed by atoms with van der Waals surface area (Å²) in [6.07, 6.45) is 5.37. The molecule has 158 valence electrons. The fourth-order valence-corrected chi connectivity index (χ4v) is 4.32. The van der Waals surface area contributed by atoms with Gasteiger partial charge in [-0.1, -0.05) is 22.0 Å². The van der Waals surface area contributed by atoms with Crippen molar-refractivity contribution in [2.24, 2.45) is 5.92 Å². The van der Waals surface area contributed by atoms with Crippen molar-refractivity contribution in [1.82, 2.24) is 15.3 Å². The van der Waals surface area contributed by atoms with Gasteiger partial charge in [-0.25, -0.2) is 14.4 Å². The van der Waals surface area contributed by atoms with E-state index in [4.69, 9.17) is 4.74 Å². The molecule has 4 rings (SSSR count). The highest BCUT2D eigenvalue weighted by molar-refractivity contribution is 9.10. The molecular formula is C21H22BrFN4O3. The summed E-state index contributed by atoms with van der Waals surface area (Å²) in [5, 5.41) is 3.09. The Balaban J connectivity index is 1.26. The van der Waals surface area contributed by atoms with Crippen molar-refractivity contribution in [3.05, 3.63) is 46.9 Å². The number of rotatable bonds is 5. The lowest BCUT2D eigenvalue weighted by Crippen LogP contribution is -2.43. The Hall–Kier alpha value is -2.55. The average Bonchev–Trinajstić information content (AvgIpc) is 3.13. The smallest absolute Gasteiger partial charge is 0.316 e. The van der Waals surface area contributed by atoms with Gasteiger partial charge in [0.2, 0.25) is 11.8 Å². The number of hydrogen-bond acceptors (Lipinski definition) is 5. The molecule has 1 aliphatic heterocycles. The fourth-order valence-electron chi connectivity index (χ4n) is 3.93. The van der Waals surface area contributed by atoms with Crippen molar-refractivity contribution < 1.29 is 18.7 Å². The summed E-state index contributed by atoms with van der Waals surface area (Å²) in [5.41, 5.74) is 0.797. The van der Waals surface area contributed by atoms with Crippen molar-refractivity contribution in [2.75, 3.05) is 11.4 Å². The predicted molar refractivity (Wildman–Crippen MR) is 111 cm³/mol. The number of halogens is 2. The second kappa shape index (κ2) is 9.07. The molecule has 1 atom stereocenters. The molecule has 9 heteroatoms. The van der Waals surface area contributed by atoms with Gasteiger partial charge in [-0.15, -0.1) is 0 Å². The van der Waals surface area contributed by atoms with Crippen molar-refractivity contribution >= 4 is 33.4 Å². The third-order valence-corrected chi connectivity index (χ3v) is 6.00. The van der Waals surface area contributed by atoms with Gasteiger partial charge in [0.1, 0.15) is 6.10 Å². The molecule has 0 bridgehead atoms. The summed E-state index contributed by atoms with van der Waals surface area (Å²) in [5.74, 6) is -0.965. The van der Waals surface area contributed by atoms with Crippen LogP contribution in [0.1, 0.15) is 32.1 Å². The third kappa shape index (κ3) is 4.95. The lowest BCUT2D eigenvalue weighted by molar-refractivity contribution is -0.127. The first-order valence-corrected chi connectivity index (χ1v) is 10.8. The van der Waals surface area contributed by atoms with Crippen LogP contribution >= 0.6 is 15.9 Å². The number of amides is 2. The molecule has 30 heavy (non-hydrogen) atoms. The largest absolute Gasteiger partial charge is 0.460 e. The minimum Gasteiger partial charge on any atom is -0.460 e. The highest BCUT2D eigenvalue weighted by Crippen LogP contribution is 2.28. The number of hydrogen-bond donors (Lipinski definition) is 1. The zero-order valence-corrected chi connectivity index (χ0v) is 17.8. The van der Waals surface area contributed by atoms with Crippen molar-refractivity contribution in [1.29, 1.82) is 0 Å². The first kappa shape index (κ1) is 20.7. The molecule has 2 amide bonds. The number of carbonyl (C=O) groups is 2. The summed E-state index contributed by atoms with van der Waals surface area (Å²) in [7, 11) is 0. The number of aromatic nitrogens is 2. The Labute approximate surface area is 182 Å². The second-order valence-electron chi connectivity index (χ2n) is 7.67. The van der Waals surface area contributed by atoms with Gasteiger partial charge in [0.15, 0.2) is 5.82 Å². The molecule has 2 aromatic rings. The Bertz CT molecular complexity index is 919. The predicted octanol–water partition coefficient (Wildman–Crippen LogP) is 3.24. The molecule has 2 fully saturated rings. The molecule has 1 aliphatic carbocycles. The molecule has 1 aromatic heterocycles. The maximum Gasteiger partial charge on any atom is 0.316 e. The summed E-state index contributed by atoms with van der Waals surface area (Å²) >= 11 is 3.42. The van der Waals surface area contributed by atoms with E-state index in [2.05, 4.69) is 31.2 Å². The van der Waals surface area contributed by atoms with Crippen molar-refractivity contribution in [2.45, 2.75) is 44.2 Å². The fraction of sp³-hybridized carbons (Fsp3) is 0.429. The van der Waals surface area contributed by atoms with Gasteiger partial charge in [-0.2, -0.15) is 0 Å². The SMILES string of the molecule is O=C(NC1CCC(Oc2ncc(F)cn2)CC1)C1CC(=O)N(c2cccc(Br)c2)C1. The number of nitrogens with one attached hydrogen (secondary N) is 1. The molecule has 0 spiro atoms. The lowest BCUT2D eigenvalue weighted by atomic mass is 9.92. The molecule has 1 saturated carbocycles. The van der Waals surface area contributed by atoms with Crippen LogP contribution in [0, 0.1) is 11.7 Å². The monoisotopic (exact) mass is 476 g/mol. The standard InChI is InChI=1S/C21H22BrFN4O3/c22-14-2-1-3-17(9-14)27-12-13(8-19(27)28)20(29)26-16-4-6-18(7-5-16)30-21-24-10-15(23)11-25-21/h1-3,9-11,13,16,18H,4-8,12H2,(H,26,29). The number of benzene rings is 1. The van der Waals surface area contributed by atoms with Crippen LogP contribution in [0.2, 0.25) is 0 Å². The normalized spacial score (nSPS) is 24.0. The summed E-state index contributed by atoms with van der Waals surface area (Å²) in [6.45, 7) is 0.390. The second-order valence-corrected chi connectivity index (χ2v) is 8.58. The molecule has 1 N–H and O–H groups in total. The molecular weight excluding hydrogens is 455 g/mol. The number of ether oxygens (including phenoxy) is 1. The number of nitrogens with zero attached hydrogens (tertiary/aromatic N) is 3. The van der Waals surface area contributed by atoms with E-state index in [1.165, 1.54) is 0 Å². The molecule has 7 nitrogen and oxygen atoms in total. The minimum atomic E-state index is -0.502. The van der Waals surface area contributed by atoms with E-state index in [9.17, 15) is 14.0 Å². The van der Waals surface area contributed by atoms with Crippen LogP contribution < -0.4 is 15.0 Å². The molecule has 1 saturated heterocycles. The van der Waals surface area contributed by atoms with Gasteiger partial charge in [-0.05, 0) is 43.9 Å². The van der Waals surface area contributed by atoms with Gasteiger partial charge in [0, 0.05) is 29.2 Å². The first-order valence-electron chi connectivity index (χ1n) is 9.98. The van der Waals surface area contributed by atoms with E-state index in [0.717, 1.165) is 48.2 Å². The first-order chi connectivity index (χ1) is 14.5. The van der Waals surface area contributed by atoms with Gasteiger partial charge in [0.05, 0.1) is 18.3 Å². The van der Waals surface area contributed by atoms with Crippen molar-refractivity contribution in [3.63, 3.8) is 0 Å². The van der Waals surface area contributed by atoms with Gasteiger partial charge in [0.25, 0.3) is 0 Å². The van der Waals surface area contributed by atoms with Crippen LogP contribution in [0.25, 0.3) is 0 Å². The summed E-state index contributed by atoms with van der Waals surface area (Å²) in [4.78, 5) is 34.4. The Morgan fingerprint density at radius 2 is 1.93 bits per heavy atom. The summed E-state index contributed by atoms with van der Waals surface area (Å²) in [6, 6.07) is 7.75. The molecule has 2 heterocycles. The van der Waals surface area contributed by atoms with E-state index in [0.29, 0.717) is 6.54 Å². The Morgan fingerprint density at radius 3 is 2.63 bits per heavy atom. The topological polar surface area (TPSA) is 84.4 Å². The molecule has 1 unspecified atom stereocenters. The van der Waals surface area contributed by atoms with Gasteiger partial charge >= 0.3 is 6.01 Å². The quantitative estimate of drug-likeness (QED) is 0.715. The zero-order chi connectivity index (χ0) is 21.1. The maximum atomic E-state index is 12.9. The molecule has 0 radical (unpaired) electrons. The Morgan fingerprint density at radius 1 is 1.20 bits per heavy atom. The average molecular weight is 477 g/mol. The third-order valence-electron chi connectivity index (χ3n) is 5.51. The lowest BCUT2D eigenvalue weighted by Gasteiger charge is -2.29.